The molecule has 2 N–H and O–H groups in total. The van der Waals surface area contributed by atoms with Crippen molar-refractivity contribution in [3.05, 3.63) is 47.3 Å². The van der Waals surface area contributed by atoms with Crippen LogP contribution in [0.5, 0.6) is 5.75 Å². The lowest BCUT2D eigenvalue weighted by Crippen LogP contribution is -2.32. The molecule has 1 unspecified atom stereocenters. The number of nitrogens with zero attached hydrogens (tertiary/aromatic N) is 1. The molecule has 104 valence electrons. The fourth-order valence-electron chi connectivity index (χ4n) is 2.47. The summed E-state index contributed by atoms with van der Waals surface area (Å²) in [6.45, 7) is 3.03. The first-order valence-corrected chi connectivity index (χ1v) is 6.74. The van der Waals surface area contributed by atoms with Gasteiger partial charge in [0.2, 0.25) is 5.91 Å². The number of amides is 1. The number of hydrogen-bond acceptors (Lipinski definition) is 3. The molecule has 1 aromatic carbocycles. The minimum Gasteiger partial charge on any atom is -0.493 e. The molecule has 3 rings (SSSR count). The second-order valence-electron chi connectivity index (χ2n) is 4.97. The van der Waals surface area contributed by atoms with Gasteiger partial charge in [-0.2, -0.15) is 5.10 Å². The first-order chi connectivity index (χ1) is 9.75. The molecule has 1 aromatic heterocycles. The van der Waals surface area contributed by atoms with Crippen molar-refractivity contribution in [2.45, 2.75) is 25.8 Å². The number of para-hydroxylation sites is 1. The molecule has 20 heavy (non-hydrogen) atoms. The lowest BCUT2D eigenvalue weighted by molar-refractivity contribution is -0.123. The predicted octanol–water partition coefficient (Wildman–Crippen LogP) is 1.90. The Labute approximate surface area is 117 Å². The van der Waals surface area contributed by atoms with Gasteiger partial charge < -0.3 is 10.1 Å². The highest BCUT2D eigenvalue weighted by Gasteiger charge is 2.27. The van der Waals surface area contributed by atoms with E-state index in [1.54, 1.807) is 6.20 Å². The molecule has 0 radical (unpaired) electrons. The topological polar surface area (TPSA) is 67.0 Å². The van der Waals surface area contributed by atoms with Gasteiger partial charge in [0, 0.05) is 23.4 Å². The second-order valence-corrected chi connectivity index (χ2v) is 4.97. The average molecular weight is 271 g/mol. The normalized spacial score (nSPS) is 17.1. The first-order valence-electron chi connectivity index (χ1n) is 6.74. The zero-order valence-electron chi connectivity index (χ0n) is 11.3. The van der Waals surface area contributed by atoms with Gasteiger partial charge in [-0.3, -0.25) is 9.89 Å². The van der Waals surface area contributed by atoms with Crippen LogP contribution in [0.4, 0.5) is 0 Å². The lowest BCUT2D eigenvalue weighted by atomic mass is 9.92. The number of carbonyl (C=O) groups is 1. The van der Waals surface area contributed by atoms with Gasteiger partial charge in [-0.1, -0.05) is 18.2 Å². The Hall–Kier alpha value is -2.30. The van der Waals surface area contributed by atoms with Gasteiger partial charge in [0.15, 0.2) is 0 Å². The van der Waals surface area contributed by atoms with E-state index in [-0.39, 0.29) is 11.8 Å². The molecule has 0 fully saturated rings. The highest BCUT2D eigenvalue weighted by molar-refractivity contribution is 5.84. The van der Waals surface area contributed by atoms with Crippen LogP contribution in [-0.4, -0.2) is 22.7 Å². The molecule has 1 atom stereocenters. The number of rotatable bonds is 3. The van der Waals surface area contributed by atoms with Crippen molar-refractivity contribution in [3.63, 3.8) is 0 Å². The summed E-state index contributed by atoms with van der Waals surface area (Å²) in [4.78, 5) is 12.4. The van der Waals surface area contributed by atoms with Crippen LogP contribution in [0.3, 0.4) is 0 Å². The summed E-state index contributed by atoms with van der Waals surface area (Å²) in [6.07, 6.45) is 2.46. The minimum absolute atomic E-state index is 0.0429. The summed E-state index contributed by atoms with van der Waals surface area (Å²) in [5, 5.41) is 9.80. The third-order valence-electron chi connectivity index (χ3n) is 3.66. The van der Waals surface area contributed by atoms with E-state index in [0.29, 0.717) is 19.6 Å². The molecule has 0 saturated carbocycles. The quantitative estimate of drug-likeness (QED) is 0.896. The zero-order valence-corrected chi connectivity index (χ0v) is 11.3. The molecule has 1 amide bonds. The molecule has 1 aliphatic heterocycles. The van der Waals surface area contributed by atoms with E-state index in [2.05, 4.69) is 15.5 Å². The molecule has 0 saturated heterocycles. The van der Waals surface area contributed by atoms with Gasteiger partial charge in [0.25, 0.3) is 0 Å². The number of fused-ring (bicyclic) bond motifs is 1. The Balaban J connectivity index is 1.71. The van der Waals surface area contributed by atoms with Crippen LogP contribution >= 0.6 is 0 Å². The molecule has 0 aliphatic carbocycles. The van der Waals surface area contributed by atoms with Crippen LogP contribution in [0.2, 0.25) is 0 Å². The van der Waals surface area contributed by atoms with Gasteiger partial charge >= 0.3 is 0 Å². The number of ether oxygens (including phenoxy) is 1. The van der Waals surface area contributed by atoms with Crippen molar-refractivity contribution in [1.29, 1.82) is 0 Å². The van der Waals surface area contributed by atoms with Crippen LogP contribution in [0, 0.1) is 6.92 Å². The minimum atomic E-state index is -0.132. The van der Waals surface area contributed by atoms with E-state index in [4.69, 9.17) is 4.74 Å². The molecule has 5 heteroatoms. The van der Waals surface area contributed by atoms with Crippen LogP contribution in [0.25, 0.3) is 0 Å². The number of aromatic amines is 1. The summed E-state index contributed by atoms with van der Waals surface area (Å²) >= 11 is 0. The van der Waals surface area contributed by atoms with E-state index >= 15 is 0 Å². The lowest BCUT2D eigenvalue weighted by Gasteiger charge is -2.25. The Bertz CT molecular complexity index is 621. The maximum absolute atomic E-state index is 12.4. The molecule has 1 aliphatic rings. The first kappa shape index (κ1) is 12.7. The fraction of sp³-hybridized carbons (Fsp3) is 0.333. The third kappa shape index (κ3) is 2.39. The van der Waals surface area contributed by atoms with Crippen LogP contribution in [0.15, 0.2) is 30.5 Å². The summed E-state index contributed by atoms with van der Waals surface area (Å²) in [7, 11) is 0. The number of nitrogens with one attached hydrogen (secondary N) is 2. The zero-order chi connectivity index (χ0) is 13.9. The van der Waals surface area contributed by atoms with Gasteiger partial charge in [0.1, 0.15) is 5.75 Å². The molecule has 0 bridgehead atoms. The van der Waals surface area contributed by atoms with E-state index < -0.39 is 0 Å². The molecule has 2 heterocycles. The van der Waals surface area contributed by atoms with Crippen LogP contribution in [0.1, 0.15) is 29.2 Å². The number of aryl methyl sites for hydroxylation is 1. The van der Waals surface area contributed by atoms with Gasteiger partial charge in [-0.25, -0.2) is 0 Å². The number of hydrogen-bond donors (Lipinski definition) is 2. The maximum Gasteiger partial charge on any atom is 0.228 e. The average Bonchev–Trinajstić information content (AvgIpc) is 2.89. The van der Waals surface area contributed by atoms with Crippen molar-refractivity contribution in [2.75, 3.05) is 6.61 Å². The van der Waals surface area contributed by atoms with Crippen molar-refractivity contribution in [1.82, 2.24) is 15.5 Å². The summed E-state index contributed by atoms with van der Waals surface area (Å²) in [5.41, 5.74) is 2.97. The predicted molar refractivity (Wildman–Crippen MR) is 74.5 cm³/mol. The number of H-pyrrole nitrogens is 1. The largest absolute Gasteiger partial charge is 0.493 e. The standard InChI is InChI=1S/C15H17N3O2/c1-10-11(9-17-18-10)8-16-15(19)13-6-7-20-14-5-3-2-4-12(13)14/h2-5,9,13H,6-8H2,1H3,(H,16,19)(H,17,18). The van der Waals surface area contributed by atoms with Crippen LogP contribution in [-0.2, 0) is 11.3 Å². The molecule has 5 nitrogen and oxygen atoms in total. The molecule has 0 spiro atoms. The van der Waals surface area contributed by atoms with Gasteiger partial charge in [-0.05, 0) is 19.4 Å². The van der Waals surface area contributed by atoms with E-state index in [9.17, 15) is 4.79 Å². The van der Waals surface area contributed by atoms with Crippen molar-refractivity contribution >= 4 is 5.91 Å². The van der Waals surface area contributed by atoms with Gasteiger partial charge in [0.05, 0.1) is 18.7 Å². The Morgan fingerprint density at radius 1 is 1.50 bits per heavy atom. The Morgan fingerprint density at radius 2 is 2.35 bits per heavy atom. The van der Waals surface area contributed by atoms with E-state index in [0.717, 1.165) is 22.6 Å². The third-order valence-corrected chi connectivity index (χ3v) is 3.66. The smallest absolute Gasteiger partial charge is 0.228 e. The summed E-state index contributed by atoms with van der Waals surface area (Å²) in [6, 6.07) is 7.73. The Kier molecular flexibility index (Phi) is 3.41. The highest BCUT2D eigenvalue weighted by Crippen LogP contribution is 2.33. The monoisotopic (exact) mass is 271 g/mol. The molecular weight excluding hydrogens is 254 g/mol. The highest BCUT2D eigenvalue weighted by atomic mass is 16.5. The van der Waals surface area contributed by atoms with Crippen molar-refractivity contribution in [2.24, 2.45) is 0 Å². The fourth-order valence-corrected chi connectivity index (χ4v) is 2.47. The molecular formula is C15H17N3O2. The number of benzene rings is 1. The molecule has 2 aromatic rings. The van der Waals surface area contributed by atoms with E-state index in [1.807, 2.05) is 31.2 Å². The van der Waals surface area contributed by atoms with Crippen LogP contribution < -0.4 is 10.1 Å². The number of carbonyl (C=O) groups excluding carboxylic acids is 1. The van der Waals surface area contributed by atoms with Gasteiger partial charge in [-0.15, -0.1) is 0 Å². The maximum atomic E-state index is 12.4. The van der Waals surface area contributed by atoms with E-state index in [1.165, 1.54) is 0 Å². The summed E-state index contributed by atoms with van der Waals surface area (Å²) < 4.78 is 5.58. The summed E-state index contributed by atoms with van der Waals surface area (Å²) in [5.74, 6) is 0.729. The van der Waals surface area contributed by atoms with Crippen molar-refractivity contribution < 1.29 is 9.53 Å². The second kappa shape index (κ2) is 5.36. The SMILES string of the molecule is Cc1[nH]ncc1CNC(=O)C1CCOc2ccccc21. The number of aromatic nitrogens is 2. The van der Waals surface area contributed by atoms with Crippen molar-refractivity contribution in [3.8, 4) is 5.75 Å². The Morgan fingerprint density at radius 3 is 3.15 bits per heavy atom.